The highest BCUT2D eigenvalue weighted by Crippen LogP contribution is 2.38. The van der Waals surface area contributed by atoms with E-state index in [2.05, 4.69) is 5.32 Å². The van der Waals surface area contributed by atoms with E-state index in [0.717, 1.165) is 36.1 Å². The Kier molecular flexibility index (Phi) is 5.40. The summed E-state index contributed by atoms with van der Waals surface area (Å²) < 4.78 is 0. The van der Waals surface area contributed by atoms with Crippen LogP contribution in [0.15, 0.2) is 29.8 Å². The molecule has 0 atom stereocenters. The number of nitrogens with one attached hydrogen (secondary N) is 1. The van der Waals surface area contributed by atoms with Crippen molar-refractivity contribution in [1.29, 1.82) is 5.26 Å². The van der Waals surface area contributed by atoms with Gasteiger partial charge in [0.1, 0.15) is 16.6 Å². The number of nitriles is 1. The van der Waals surface area contributed by atoms with Gasteiger partial charge >= 0.3 is 0 Å². The van der Waals surface area contributed by atoms with Crippen LogP contribution >= 0.6 is 22.9 Å². The van der Waals surface area contributed by atoms with Crippen molar-refractivity contribution in [3.05, 3.63) is 56.4 Å². The smallest absolute Gasteiger partial charge is 0.266 e. The fourth-order valence-electron chi connectivity index (χ4n) is 2.98. The number of benzene rings is 1. The molecule has 0 bridgehead atoms. The van der Waals surface area contributed by atoms with Crippen LogP contribution in [0.25, 0.3) is 6.08 Å². The van der Waals surface area contributed by atoms with E-state index < -0.39 is 11.8 Å². The zero-order chi connectivity index (χ0) is 18.7. The minimum absolute atomic E-state index is 0.0973. The average molecular weight is 386 g/mol. The highest BCUT2D eigenvalue weighted by molar-refractivity contribution is 7.17. The molecule has 0 saturated heterocycles. The van der Waals surface area contributed by atoms with Crippen molar-refractivity contribution in [3.63, 3.8) is 0 Å². The lowest BCUT2D eigenvalue weighted by atomic mass is 9.95. The van der Waals surface area contributed by atoms with Crippen LogP contribution in [0.2, 0.25) is 5.02 Å². The first-order valence-electron chi connectivity index (χ1n) is 8.13. The summed E-state index contributed by atoms with van der Waals surface area (Å²) >= 11 is 7.44. The lowest BCUT2D eigenvalue weighted by Gasteiger charge is -2.11. The first-order valence-corrected chi connectivity index (χ1v) is 9.32. The first-order chi connectivity index (χ1) is 12.5. The predicted molar refractivity (Wildman–Crippen MR) is 103 cm³/mol. The van der Waals surface area contributed by atoms with E-state index in [1.54, 1.807) is 24.3 Å². The Labute approximate surface area is 160 Å². The quantitative estimate of drug-likeness (QED) is 0.616. The second kappa shape index (κ2) is 7.73. The molecule has 26 heavy (non-hydrogen) atoms. The Balaban J connectivity index is 1.92. The maximum atomic E-state index is 12.6. The third-order valence-electron chi connectivity index (χ3n) is 4.21. The molecule has 3 N–H and O–H groups in total. The molecule has 2 amide bonds. The molecule has 0 radical (unpaired) electrons. The number of anilines is 1. The van der Waals surface area contributed by atoms with Gasteiger partial charge in [0.15, 0.2) is 0 Å². The third-order valence-corrected chi connectivity index (χ3v) is 5.77. The number of carbonyl (C=O) groups is 2. The van der Waals surface area contributed by atoms with E-state index in [1.165, 1.54) is 17.4 Å². The lowest BCUT2D eigenvalue weighted by Crippen LogP contribution is -2.19. The number of nitrogens with zero attached hydrogens (tertiary/aromatic N) is 1. The number of fused-ring (bicyclic) bond motifs is 1. The number of thiophene rings is 1. The summed E-state index contributed by atoms with van der Waals surface area (Å²) in [6.07, 6.45) is 5.12. The molecule has 1 aliphatic rings. The Morgan fingerprint density at radius 1 is 1.27 bits per heavy atom. The summed E-state index contributed by atoms with van der Waals surface area (Å²) in [6, 6.07) is 8.81. The van der Waals surface area contributed by atoms with Crippen molar-refractivity contribution >= 4 is 45.8 Å². The number of amides is 2. The maximum Gasteiger partial charge on any atom is 0.266 e. The molecule has 0 fully saturated rings. The van der Waals surface area contributed by atoms with Crippen molar-refractivity contribution < 1.29 is 9.59 Å². The monoisotopic (exact) mass is 385 g/mol. The largest absolute Gasteiger partial charge is 0.365 e. The Hall–Kier alpha value is -2.62. The zero-order valence-corrected chi connectivity index (χ0v) is 15.4. The number of halogens is 1. The van der Waals surface area contributed by atoms with E-state index in [-0.39, 0.29) is 5.57 Å². The minimum atomic E-state index is -0.589. The van der Waals surface area contributed by atoms with Crippen LogP contribution in [0.1, 0.15) is 39.2 Å². The van der Waals surface area contributed by atoms with E-state index in [9.17, 15) is 14.9 Å². The first kappa shape index (κ1) is 18.2. The van der Waals surface area contributed by atoms with Crippen LogP contribution in [-0.4, -0.2) is 11.8 Å². The molecular weight excluding hydrogens is 370 g/mol. The third kappa shape index (κ3) is 3.64. The number of rotatable bonds is 4. The summed E-state index contributed by atoms with van der Waals surface area (Å²) in [7, 11) is 0. The van der Waals surface area contributed by atoms with Gasteiger partial charge in [0, 0.05) is 9.90 Å². The van der Waals surface area contributed by atoms with Gasteiger partial charge in [-0.25, -0.2) is 0 Å². The van der Waals surface area contributed by atoms with Gasteiger partial charge in [-0.05, 0) is 49.0 Å². The highest BCUT2D eigenvalue weighted by Gasteiger charge is 2.25. The molecule has 2 aromatic rings. The summed E-state index contributed by atoms with van der Waals surface area (Å²) in [5.41, 5.74) is 7.30. The molecule has 0 aliphatic heterocycles. The fourth-order valence-corrected chi connectivity index (χ4v) is 4.46. The van der Waals surface area contributed by atoms with Gasteiger partial charge in [0.05, 0.1) is 5.56 Å². The summed E-state index contributed by atoms with van der Waals surface area (Å²) in [5, 5.41) is 12.9. The zero-order valence-electron chi connectivity index (χ0n) is 13.8. The Morgan fingerprint density at radius 2 is 2.00 bits per heavy atom. The molecule has 7 heteroatoms. The lowest BCUT2D eigenvalue weighted by molar-refractivity contribution is -0.112. The van der Waals surface area contributed by atoms with E-state index in [4.69, 9.17) is 17.3 Å². The molecule has 0 unspecified atom stereocenters. The second-order valence-electron chi connectivity index (χ2n) is 5.92. The van der Waals surface area contributed by atoms with Crippen LogP contribution in [0.5, 0.6) is 0 Å². The van der Waals surface area contributed by atoms with Crippen molar-refractivity contribution in [2.75, 3.05) is 5.32 Å². The van der Waals surface area contributed by atoms with Crippen LogP contribution in [0.4, 0.5) is 5.00 Å². The maximum absolute atomic E-state index is 12.6. The molecule has 1 aliphatic carbocycles. The number of hydrogen-bond donors (Lipinski definition) is 2. The SMILES string of the molecule is N#CC(=Cc1ccccc1Cl)C(=O)Nc1sc2c(c1C(N)=O)CCCC2. The van der Waals surface area contributed by atoms with Crippen LogP contribution in [0.3, 0.4) is 0 Å². The Bertz CT molecular complexity index is 956. The molecule has 1 heterocycles. The predicted octanol–water partition coefficient (Wildman–Crippen LogP) is 3.92. The van der Waals surface area contributed by atoms with Crippen molar-refractivity contribution in [2.45, 2.75) is 25.7 Å². The molecule has 132 valence electrons. The van der Waals surface area contributed by atoms with Crippen LogP contribution < -0.4 is 11.1 Å². The molecule has 0 spiro atoms. The normalized spacial score (nSPS) is 13.6. The molecule has 1 aromatic carbocycles. The van der Waals surface area contributed by atoms with Gasteiger partial charge in [-0.15, -0.1) is 11.3 Å². The van der Waals surface area contributed by atoms with Gasteiger partial charge in [0.2, 0.25) is 0 Å². The highest BCUT2D eigenvalue weighted by atomic mass is 35.5. The molecule has 0 saturated carbocycles. The van der Waals surface area contributed by atoms with Crippen LogP contribution in [0, 0.1) is 11.3 Å². The topological polar surface area (TPSA) is 96.0 Å². The number of nitrogens with two attached hydrogens (primary N) is 1. The van der Waals surface area contributed by atoms with E-state index >= 15 is 0 Å². The number of primary amides is 1. The number of carbonyl (C=O) groups excluding carboxylic acids is 2. The fraction of sp³-hybridized carbons (Fsp3) is 0.211. The molecule has 1 aromatic heterocycles. The molecular formula is C19H16ClN3O2S. The van der Waals surface area contributed by atoms with E-state index in [0.29, 0.717) is 21.2 Å². The average Bonchev–Trinajstić information content (AvgIpc) is 2.98. The van der Waals surface area contributed by atoms with Gasteiger partial charge in [-0.3, -0.25) is 9.59 Å². The minimum Gasteiger partial charge on any atom is -0.365 e. The van der Waals surface area contributed by atoms with Crippen molar-refractivity contribution in [2.24, 2.45) is 5.73 Å². The summed E-state index contributed by atoms with van der Waals surface area (Å²) in [6.45, 7) is 0. The summed E-state index contributed by atoms with van der Waals surface area (Å²) in [5.74, 6) is -1.15. The van der Waals surface area contributed by atoms with Crippen molar-refractivity contribution in [1.82, 2.24) is 0 Å². The van der Waals surface area contributed by atoms with Gasteiger partial charge in [-0.2, -0.15) is 5.26 Å². The number of hydrogen-bond acceptors (Lipinski definition) is 4. The van der Waals surface area contributed by atoms with Gasteiger partial charge < -0.3 is 11.1 Å². The Morgan fingerprint density at radius 3 is 2.69 bits per heavy atom. The molecule has 3 rings (SSSR count). The van der Waals surface area contributed by atoms with Gasteiger partial charge in [0.25, 0.3) is 11.8 Å². The molecule has 5 nitrogen and oxygen atoms in total. The number of aryl methyl sites for hydroxylation is 1. The standard InChI is InChI=1S/C19H16ClN3O2S/c20-14-7-3-1-5-11(14)9-12(10-21)18(25)23-19-16(17(22)24)13-6-2-4-8-15(13)26-19/h1,3,5,7,9H,2,4,6,8H2,(H2,22,24)(H,23,25). The van der Waals surface area contributed by atoms with Gasteiger partial charge in [-0.1, -0.05) is 29.8 Å². The summed E-state index contributed by atoms with van der Waals surface area (Å²) in [4.78, 5) is 25.5. The van der Waals surface area contributed by atoms with Crippen LogP contribution in [-0.2, 0) is 17.6 Å². The second-order valence-corrected chi connectivity index (χ2v) is 7.44. The van der Waals surface area contributed by atoms with E-state index in [1.807, 2.05) is 6.07 Å². The van der Waals surface area contributed by atoms with Crippen molar-refractivity contribution in [3.8, 4) is 6.07 Å².